The predicted octanol–water partition coefficient (Wildman–Crippen LogP) is 6.07. The number of para-hydroxylation sites is 1. The minimum atomic E-state index is -0.607. The molecule has 2 aromatic carbocycles. The van der Waals surface area contributed by atoms with Gasteiger partial charge in [0, 0.05) is 25.2 Å². The van der Waals surface area contributed by atoms with Crippen molar-refractivity contribution in [1.29, 1.82) is 0 Å². The third-order valence-corrected chi connectivity index (χ3v) is 6.10. The van der Waals surface area contributed by atoms with E-state index in [4.69, 9.17) is 14.6 Å². The molecule has 0 unspecified atom stereocenters. The second-order valence-corrected chi connectivity index (χ2v) is 10.9. The van der Waals surface area contributed by atoms with Gasteiger partial charge in [0.05, 0.1) is 35.3 Å². The summed E-state index contributed by atoms with van der Waals surface area (Å²) in [6, 6.07) is 16.4. The molecule has 0 aliphatic heterocycles. The Morgan fingerprint density at radius 2 is 1.83 bits per heavy atom. The van der Waals surface area contributed by atoms with Crippen LogP contribution < -0.4 is 4.74 Å². The molecule has 1 saturated carbocycles. The smallest absolute Gasteiger partial charge is 0.227 e. The van der Waals surface area contributed by atoms with Crippen LogP contribution in [0.15, 0.2) is 54.6 Å². The number of ether oxygens (including phenoxy) is 2. The molecule has 36 heavy (non-hydrogen) atoms. The van der Waals surface area contributed by atoms with Crippen molar-refractivity contribution in [1.82, 2.24) is 14.7 Å². The van der Waals surface area contributed by atoms with Gasteiger partial charge in [-0.2, -0.15) is 5.10 Å². The van der Waals surface area contributed by atoms with E-state index < -0.39 is 6.10 Å². The fourth-order valence-electron chi connectivity index (χ4n) is 4.21. The van der Waals surface area contributed by atoms with E-state index in [1.807, 2.05) is 51.1 Å². The van der Waals surface area contributed by atoms with E-state index in [-0.39, 0.29) is 23.9 Å². The third-order valence-electron chi connectivity index (χ3n) is 6.10. The van der Waals surface area contributed by atoms with Crippen LogP contribution in [0.25, 0.3) is 5.69 Å². The van der Waals surface area contributed by atoms with Gasteiger partial charge in [0.1, 0.15) is 11.6 Å². The van der Waals surface area contributed by atoms with Gasteiger partial charge in [-0.3, -0.25) is 4.90 Å². The summed E-state index contributed by atoms with van der Waals surface area (Å²) in [5.41, 5.74) is 2.44. The summed E-state index contributed by atoms with van der Waals surface area (Å²) in [7, 11) is 0. The van der Waals surface area contributed by atoms with E-state index in [9.17, 15) is 9.50 Å². The fourth-order valence-corrected chi connectivity index (χ4v) is 4.21. The zero-order valence-corrected chi connectivity index (χ0v) is 21.9. The van der Waals surface area contributed by atoms with E-state index in [2.05, 4.69) is 18.7 Å². The Morgan fingerprint density at radius 1 is 1.11 bits per heavy atom. The standard InChI is InChI=1S/C29H38FN3O3/c1-20(2)27-26(18-32(22-14-15-22)17-24(34)19-35-29(3,4)5)28(36-25-13-9-10-21(30)16-25)33(31-27)23-11-7-6-8-12-23/h6-13,16,20,22,24,34H,14-15,17-19H2,1-5H3/t24-/m1/s1. The number of nitrogens with zero attached hydrogens (tertiary/aromatic N) is 3. The van der Waals surface area contributed by atoms with Crippen LogP contribution in [0.2, 0.25) is 0 Å². The molecular weight excluding hydrogens is 457 g/mol. The Bertz CT molecular complexity index is 1140. The van der Waals surface area contributed by atoms with Crippen LogP contribution >= 0.6 is 0 Å². The highest BCUT2D eigenvalue weighted by atomic mass is 19.1. The van der Waals surface area contributed by atoms with Crippen molar-refractivity contribution >= 4 is 0 Å². The Morgan fingerprint density at radius 3 is 2.44 bits per heavy atom. The molecule has 1 heterocycles. The largest absolute Gasteiger partial charge is 0.438 e. The van der Waals surface area contributed by atoms with Crippen LogP contribution in [0.1, 0.15) is 64.6 Å². The Hall–Kier alpha value is -2.74. The van der Waals surface area contributed by atoms with Gasteiger partial charge in [-0.25, -0.2) is 9.07 Å². The first-order valence-electron chi connectivity index (χ1n) is 12.8. The molecule has 0 radical (unpaired) electrons. The topological polar surface area (TPSA) is 59.8 Å². The van der Waals surface area contributed by atoms with Gasteiger partial charge < -0.3 is 14.6 Å². The van der Waals surface area contributed by atoms with Crippen molar-refractivity contribution in [3.05, 3.63) is 71.7 Å². The first-order valence-corrected chi connectivity index (χ1v) is 12.8. The molecule has 1 aliphatic carbocycles. The Labute approximate surface area is 213 Å². The summed E-state index contributed by atoms with van der Waals surface area (Å²) in [4.78, 5) is 2.30. The predicted molar refractivity (Wildman–Crippen MR) is 139 cm³/mol. The van der Waals surface area contributed by atoms with Crippen LogP contribution in [0.4, 0.5) is 4.39 Å². The lowest BCUT2D eigenvalue weighted by Crippen LogP contribution is -2.38. The van der Waals surface area contributed by atoms with Crippen molar-refractivity contribution in [2.45, 2.75) is 77.7 Å². The van der Waals surface area contributed by atoms with Crippen LogP contribution in [0, 0.1) is 5.82 Å². The Kier molecular flexibility index (Phi) is 8.13. The molecule has 0 saturated heterocycles. The average molecular weight is 496 g/mol. The van der Waals surface area contributed by atoms with E-state index in [1.165, 1.54) is 12.1 Å². The first kappa shape index (κ1) is 26.3. The molecule has 6 nitrogen and oxygen atoms in total. The normalized spacial score (nSPS) is 15.0. The second kappa shape index (κ2) is 11.1. The summed E-state index contributed by atoms with van der Waals surface area (Å²) in [5.74, 6) is 0.780. The zero-order valence-electron chi connectivity index (χ0n) is 21.9. The zero-order chi connectivity index (χ0) is 25.9. The number of aliphatic hydroxyl groups is 1. The molecule has 1 N–H and O–H groups in total. The second-order valence-electron chi connectivity index (χ2n) is 10.9. The van der Waals surface area contributed by atoms with Gasteiger partial charge >= 0.3 is 0 Å². The molecule has 0 amide bonds. The highest BCUT2D eigenvalue weighted by molar-refractivity contribution is 5.44. The van der Waals surface area contributed by atoms with Crippen molar-refractivity contribution in [3.63, 3.8) is 0 Å². The van der Waals surface area contributed by atoms with E-state index in [0.29, 0.717) is 30.8 Å². The Balaban J connectivity index is 1.70. The summed E-state index contributed by atoms with van der Waals surface area (Å²) < 4.78 is 28.0. The average Bonchev–Trinajstić information content (AvgIpc) is 3.61. The highest BCUT2D eigenvalue weighted by Gasteiger charge is 2.34. The summed E-state index contributed by atoms with van der Waals surface area (Å²) in [5, 5.41) is 15.7. The lowest BCUT2D eigenvalue weighted by Gasteiger charge is -2.28. The highest BCUT2D eigenvalue weighted by Crippen LogP contribution is 2.37. The van der Waals surface area contributed by atoms with Gasteiger partial charge in [-0.1, -0.05) is 38.1 Å². The molecule has 0 bridgehead atoms. The van der Waals surface area contributed by atoms with Crippen LogP contribution in [-0.2, 0) is 11.3 Å². The third kappa shape index (κ3) is 6.93. The minimum Gasteiger partial charge on any atom is -0.438 e. The van der Waals surface area contributed by atoms with Crippen molar-refractivity contribution < 1.29 is 19.0 Å². The molecule has 194 valence electrons. The maximum Gasteiger partial charge on any atom is 0.227 e. The van der Waals surface area contributed by atoms with Crippen molar-refractivity contribution in [2.75, 3.05) is 13.2 Å². The molecule has 1 aliphatic rings. The van der Waals surface area contributed by atoms with E-state index >= 15 is 0 Å². The molecule has 7 heteroatoms. The molecule has 0 spiro atoms. The summed E-state index contributed by atoms with van der Waals surface area (Å²) in [6.07, 6.45) is 1.58. The molecular formula is C29H38FN3O3. The fraction of sp³-hybridized carbons (Fsp3) is 0.483. The lowest BCUT2D eigenvalue weighted by atomic mass is 10.1. The molecule has 1 fully saturated rings. The summed E-state index contributed by atoms with van der Waals surface area (Å²) in [6.45, 7) is 11.5. The van der Waals surface area contributed by atoms with Crippen LogP contribution in [0.5, 0.6) is 11.6 Å². The number of aromatic nitrogens is 2. The number of benzene rings is 2. The van der Waals surface area contributed by atoms with Gasteiger partial charge in [0.25, 0.3) is 0 Å². The molecule has 4 rings (SSSR count). The number of hydrogen-bond donors (Lipinski definition) is 1. The maximum atomic E-state index is 14.0. The molecule has 1 aromatic heterocycles. The minimum absolute atomic E-state index is 0.148. The van der Waals surface area contributed by atoms with Crippen molar-refractivity contribution in [3.8, 4) is 17.3 Å². The summed E-state index contributed by atoms with van der Waals surface area (Å²) >= 11 is 0. The van der Waals surface area contributed by atoms with E-state index in [0.717, 1.165) is 29.8 Å². The number of aliphatic hydroxyl groups excluding tert-OH is 1. The van der Waals surface area contributed by atoms with Gasteiger partial charge in [0.2, 0.25) is 5.88 Å². The van der Waals surface area contributed by atoms with Gasteiger partial charge in [-0.15, -0.1) is 0 Å². The first-order chi connectivity index (χ1) is 17.1. The van der Waals surface area contributed by atoms with Gasteiger partial charge in [0.15, 0.2) is 0 Å². The molecule has 3 aromatic rings. The number of rotatable bonds is 11. The van der Waals surface area contributed by atoms with Crippen LogP contribution in [-0.4, -0.2) is 50.7 Å². The number of halogens is 1. The number of hydrogen-bond acceptors (Lipinski definition) is 5. The monoisotopic (exact) mass is 495 g/mol. The SMILES string of the molecule is CC(C)c1nn(-c2ccccc2)c(Oc2cccc(F)c2)c1CN(C[C@@H](O)COC(C)(C)C)C1CC1. The van der Waals surface area contributed by atoms with Crippen molar-refractivity contribution in [2.24, 2.45) is 0 Å². The van der Waals surface area contributed by atoms with E-state index in [1.54, 1.807) is 16.8 Å². The lowest BCUT2D eigenvalue weighted by molar-refractivity contribution is -0.0573. The molecule has 1 atom stereocenters. The quantitative estimate of drug-likeness (QED) is 0.350. The maximum absolute atomic E-state index is 14.0. The van der Waals surface area contributed by atoms with Crippen LogP contribution in [0.3, 0.4) is 0 Å². The van der Waals surface area contributed by atoms with Gasteiger partial charge in [-0.05, 0) is 63.8 Å².